The van der Waals surface area contributed by atoms with Crippen molar-refractivity contribution in [2.45, 2.75) is 31.9 Å². The molecule has 0 aromatic heterocycles. The smallest absolute Gasteiger partial charge is 0.0975 e. The van der Waals surface area contributed by atoms with Crippen LogP contribution in [0.25, 0.3) is 0 Å². The molecular formula is C14H23NO2. The molecule has 1 aromatic rings. The largest absolute Gasteiger partial charge is 0.385 e. The van der Waals surface area contributed by atoms with Crippen LogP contribution in [0, 0.1) is 0 Å². The maximum Gasteiger partial charge on any atom is 0.0975 e. The first-order valence-electron chi connectivity index (χ1n) is 6.20. The van der Waals surface area contributed by atoms with Gasteiger partial charge in [-0.05, 0) is 25.3 Å². The average molecular weight is 237 g/mol. The summed E-state index contributed by atoms with van der Waals surface area (Å²) in [4.78, 5) is 0. The van der Waals surface area contributed by atoms with Crippen LogP contribution >= 0.6 is 0 Å². The second-order valence-electron chi connectivity index (χ2n) is 4.09. The fraction of sp³-hybridized carbons (Fsp3) is 0.571. The normalized spacial score (nSPS) is 14.5. The first kappa shape index (κ1) is 14.2. The maximum absolute atomic E-state index is 6.20. The predicted octanol–water partition coefficient (Wildman–Crippen LogP) is 2.52. The molecule has 0 saturated carbocycles. The Morgan fingerprint density at radius 2 is 1.94 bits per heavy atom. The first-order chi connectivity index (χ1) is 8.29. The molecule has 0 aliphatic heterocycles. The van der Waals surface area contributed by atoms with E-state index in [0.717, 1.165) is 25.0 Å². The third kappa shape index (κ3) is 4.86. The summed E-state index contributed by atoms with van der Waals surface area (Å²) in [6.45, 7) is 3.43. The van der Waals surface area contributed by atoms with Gasteiger partial charge in [0.1, 0.15) is 0 Å². The molecule has 2 unspecified atom stereocenters. The SMILES string of the molecule is CCOC(c1ccccc1)C(N)CCCOC. The monoisotopic (exact) mass is 237 g/mol. The van der Waals surface area contributed by atoms with E-state index in [1.165, 1.54) is 0 Å². The first-order valence-corrected chi connectivity index (χ1v) is 6.20. The minimum atomic E-state index is -0.0157. The van der Waals surface area contributed by atoms with Gasteiger partial charge in [-0.1, -0.05) is 30.3 Å². The molecule has 1 aromatic carbocycles. The summed E-state index contributed by atoms with van der Waals surface area (Å²) in [5.41, 5.74) is 7.35. The second-order valence-corrected chi connectivity index (χ2v) is 4.09. The lowest BCUT2D eigenvalue weighted by Crippen LogP contribution is -2.30. The van der Waals surface area contributed by atoms with Crippen molar-refractivity contribution < 1.29 is 9.47 Å². The fourth-order valence-electron chi connectivity index (χ4n) is 1.90. The van der Waals surface area contributed by atoms with Gasteiger partial charge < -0.3 is 15.2 Å². The number of hydrogen-bond acceptors (Lipinski definition) is 3. The van der Waals surface area contributed by atoms with Gasteiger partial charge in [-0.3, -0.25) is 0 Å². The van der Waals surface area contributed by atoms with E-state index >= 15 is 0 Å². The molecule has 3 nitrogen and oxygen atoms in total. The molecule has 0 bridgehead atoms. The van der Waals surface area contributed by atoms with Gasteiger partial charge >= 0.3 is 0 Å². The van der Waals surface area contributed by atoms with Crippen LogP contribution in [0.3, 0.4) is 0 Å². The van der Waals surface area contributed by atoms with Crippen molar-refractivity contribution >= 4 is 0 Å². The summed E-state index contributed by atoms with van der Waals surface area (Å²) in [5, 5.41) is 0. The Bertz CT molecular complexity index is 290. The molecule has 0 spiro atoms. The van der Waals surface area contributed by atoms with Crippen LogP contribution in [0.15, 0.2) is 30.3 Å². The highest BCUT2D eigenvalue weighted by Gasteiger charge is 2.19. The van der Waals surface area contributed by atoms with E-state index in [4.69, 9.17) is 15.2 Å². The molecule has 3 heteroatoms. The Kier molecular flexibility index (Phi) is 6.86. The lowest BCUT2D eigenvalue weighted by atomic mass is 9.99. The minimum absolute atomic E-state index is 0.0157. The molecule has 0 fully saturated rings. The van der Waals surface area contributed by atoms with E-state index in [1.807, 2.05) is 25.1 Å². The highest BCUT2D eigenvalue weighted by atomic mass is 16.5. The van der Waals surface area contributed by atoms with Gasteiger partial charge in [0.2, 0.25) is 0 Å². The highest BCUT2D eigenvalue weighted by Crippen LogP contribution is 2.22. The van der Waals surface area contributed by atoms with Gasteiger partial charge in [0.05, 0.1) is 6.10 Å². The summed E-state index contributed by atoms with van der Waals surface area (Å²) in [6.07, 6.45) is 1.86. The molecule has 2 N–H and O–H groups in total. The van der Waals surface area contributed by atoms with Gasteiger partial charge in [-0.15, -0.1) is 0 Å². The quantitative estimate of drug-likeness (QED) is 0.707. The third-order valence-electron chi connectivity index (χ3n) is 2.75. The standard InChI is InChI=1S/C14H23NO2/c1-3-17-14(12-8-5-4-6-9-12)13(15)10-7-11-16-2/h4-6,8-9,13-14H,3,7,10-11,15H2,1-2H3. The summed E-state index contributed by atoms with van der Waals surface area (Å²) in [7, 11) is 1.71. The lowest BCUT2D eigenvalue weighted by Gasteiger charge is -2.24. The fourth-order valence-corrected chi connectivity index (χ4v) is 1.90. The Balaban J connectivity index is 2.58. The molecule has 17 heavy (non-hydrogen) atoms. The molecule has 0 heterocycles. The minimum Gasteiger partial charge on any atom is -0.385 e. The van der Waals surface area contributed by atoms with Gasteiger partial charge in [0.15, 0.2) is 0 Å². The lowest BCUT2D eigenvalue weighted by molar-refractivity contribution is 0.0389. The maximum atomic E-state index is 6.20. The van der Waals surface area contributed by atoms with Gasteiger partial charge in [-0.2, -0.15) is 0 Å². The molecule has 0 amide bonds. The van der Waals surface area contributed by atoms with Crippen LogP contribution in [0.5, 0.6) is 0 Å². The van der Waals surface area contributed by atoms with Crippen molar-refractivity contribution in [3.05, 3.63) is 35.9 Å². The number of hydrogen-bond donors (Lipinski definition) is 1. The third-order valence-corrected chi connectivity index (χ3v) is 2.75. The molecule has 2 atom stereocenters. The highest BCUT2D eigenvalue weighted by molar-refractivity contribution is 5.19. The van der Waals surface area contributed by atoms with Gasteiger partial charge in [0, 0.05) is 26.4 Å². The number of methoxy groups -OCH3 is 1. The van der Waals surface area contributed by atoms with Gasteiger partial charge in [0.25, 0.3) is 0 Å². The zero-order chi connectivity index (χ0) is 12.5. The van der Waals surface area contributed by atoms with Crippen LogP contribution in [0.4, 0.5) is 0 Å². The molecule has 0 aliphatic rings. The topological polar surface area (TPSA) is 44.5 Å². The van der Waals surface area contributed by atoms with E-state index in [9.17, 15) is 0 Å². The van der Waals surface area contributed by atoms with E-state index < -0.39 is 0 Å². The molecule has 1 rings (SSSR count). The summed E-state index contributed by atoms with van der Waals surface area (Å²) in [5.74, 6) is 0. The van der Waals surface area contributed by atoms with Crippen LogP contribution in [0.1, 0.15) is 31.4 Å². The van der Waals surface area contributed by atoms with Crippen molar-refractivity contribution in [2.75, 3.05) is 20.3 Å². The zero-order valence-corrected chi connectivity index (χ0v) is 10.8. The molecular weight excluding hydrogens is 214 g/mol. The molecule has 0 aliphatic carbocycles. The van der Waals surface area contributed by atoms with Crippen molar-refractivity contribution in [2.24, 2.45) is 5.73 Å². The van der Waals surface area contributed by atoms with Crippen LogP contribution in [-0.2, 0) is 9.47 Å². The van der Waals surface area contributed by atoms with E-state index in [1.54, 1.807) is 7.11 Å². The van der Waals surface area contributed by atoms with Gasteiger partial charge in [-0.25, -0.2) is 0 Å². The van der Waals surface area contributed by atoms with Crippen molar-refractivity contribution in [1.29, 1.82) is 0 Å². The number of nitrogens with two attached hydrogens (primary N) is 1. The predicted molar refractivity (Wildman–Crippen MR) is 69.9 cm³/mol. The molecule has 96 valence electrons. The second kappa shape index (κ2) is 8.23. The van der Waals surface area contributed by atoms with E-state index in [0.29, 0.717) is 6.61 Å². The Morgan fingerprint density at radius 1 is 1.24 bits per heavy atom. The summed E-state index contributed by atoms with van der Waals surface area (Å²) < 4.78 is 10.8. The van der Waals surface area contributed by atoms with Crippen LogP contribution in [-0.4, -0.2) is 26.4 Å². The summed E-state index contributed by atoms with van der Waals surface area (Å²) >= 11 is 0. The van der Waals surface area contributed by atoms with E-state index in [-0.39, 0.29) is 12.1 Å². The van der Waals surface area contributed by atoms with Crippen LogP contribution < -0.4 is 5.73 Å². The summed E-state index contributed by atoms with van der Waals surface area (Å²) in [6, 6.07) is 10.2. The van der Waals surface area contributed by atoms with Crippen molar-refractivity contribution in [3.63, 3.8) is 0 Å². The number of ether oxygens (including phenoxy) is 2. The van der Waals surface area contributed by atoms with Crippen molar-refractivity contribution in [3.8, 4) is 0 Å². The number of rotatable bonds is 8. The molecule has 0 radical (unpaired) electrons. The molecule has 0 saturated heterocycles. The number of benzene rings is 1. The average Bonchev–Trinajstić information content (AvgIpc) is 2.37. The Hall–Kier alpha value is -0.900. The zero-order valence-electron chi connectivity index (χ0n) is 10.8. The van der Waals surface area contributed by atoms with Crippen molar-refractivity contribution in [1.82, 2.24) is 0 Å². The Morgan fingerprint density at radius 3 is 2.53 bits per heavy atom. The Labute approximate surface area is 104 Å². The van der Waals surface area contributed by atoms with Crippen LogP contribution in [0.2, 0.25) is 0 Å². The van der Waals surface area contributed by atoms with E-state index in [2.05, 4.69) is 12.1 Å².